The molecule has 0 aromatic heterocycles. The average molecular weight is 816 g/mol. The molecule has 0 aliphatic carbocycles. The van der Waals surface area contributed by atoms with Gasteiger partial charge >= 0.3 is 173 Å². The van der Waals surface area contributed by atoms with Gasteiger partial charge in [0.05, 0.1) is 0 Å². The Hall–Kier alpha value is -2.27. The molecule has 48 heavy (non-hydrogen) atoms. The fourth-order valence-corrected chi connectivity index (χ4v) is 8.68. The molecule has 0 bridgehead atoms. The summed E-state index contributed by atoms with van der Waals surface area (Å²) in [7, 11) is 14.1. The van der Waals surface area contributed by atoms with E-state index in [2.05, 4.69) is 87.2 Å². The molecule has 4 aromatic carbocycles. The first-order valence-electron chi connectivity index (χ1n) is 16.0. The van der Waals surface area contributed by atoms with Gasteiger partial charge in [0.2, 0.25) is 0 Å². The molecule has 0 atom stereocenters. The van der Waals surface area contributed by atoms with Crippen LogP contribution in [0.15, 0.2) is 60.7 Å². The van der Waals surface area contributed by atoms with E-state index < -0.39 is 13.5 Å². The van der Waals surface area contributed by atoms with Crippen LogP contribution in [-0.4, -0.2) is 30.9 Å². The number of halogens is 4. The first-order chi connectivity index (χ1) is 22.6. The molecule has 0 radical (unpaired) electrons. The Morgan fingerprint density at radius 3 is 1.73 bits per heavy atom. The van der Waals surface area contributed by atoms with Gasteiger partial charge in [-0.1, -0.05) is 35.4 Å². The molecule has 1 aliphatic heterocycles. The summed E-state index contributed by atoms with van der Waals surface area (Å²) in [5, 5.41) is 1.33. The Morgan fingerprint density at radius 2 is 1.25 bits per heavy atom. The number of benzene rings is 4. The van der Waals surface area contributed by atoms with Crippen LogP contribution in [0.1, 0.15) is 58.4 Å². The Balaban J connectivity index is 0.000000217. The third kappa shape index (κ3) is 10.1. The molecule has 1 saturated heterocycles. The van der Waals surface area contributed by atoms with E-state index in [0.717, 1.165) is 35.7 Å². The van der Waals surface area contributed by atoms with Gasteiger partial charge in [0, 0.05) is 24.5 Å². The number of hydrogen-bond donors (Lipinski definition) is 0. The summed E-state index contributed by atoms with van der Waals surface area (Å²) in [6, 6.07) is 20.5. The van der Waals surface area contributed by atoms with Crippen molar-refractivity contribution in [2.24, 2.45) is 0 Å². The van der Waals surface area contributed by atoms with E-state index in [-0.39, 0.29) is 6.10 Å². The first-order valence-corrected chi connectivity index (χ1v) is 22.2. The van der Waals surface area contributed by atoms with E-state index in [9.17, 15) is 0 Å². The molecule has 4 nitrogen and oxygen atoms in total. The van der Waals surface area contributed by atoms with Crippen molar-refractivity contribution in [1.82, 2.24) is 0 Å². The third-order valence-electron chi connectivity index (χ3n) is 8.09. The predicted molar refractivity (Wildman–Crippen MR) is 208 cm³/mol. The van der Waals surface area contributed by atoms with Crippen LogP contribution in [0, 0.1) is 48.2 Å². The molecule has 1 heterocycles. The molecule has 0 N–H and O–H groups in total. The van der Waals surface area contributed by atoms with Crippen molar-refractivity contribution in [1.29, 1.82) is 0 Å². The zero-order valence-corrected chi connectivity index (χ0v) is 34.0. The van der Waals surface area contributed by atoms with Crippen molar-refractivity contribution in [3.63, 3.8) is 0 Å². The number of ether oxygens (including phenoxy) is 1. The van der Waals surface area contributed by atoms with Crippen LogP contribution in [0.2, 0.25) is 10.0 Å². The second-order valence-corrected chi connectivity index (χ2v) is 19.4. The third-order valence-corrected chi connectivity index (χ3v) is 10.4. The van der Waals surface area contributed by atoms with Gasteiger partial charge < -0.3 is 9.80 Å². The van der Waals surface area contributed by atoms with Crippen molar-refractivity contribution in [2.75, 3.05) is 34.8 Å². The summed E-state index contributed by atoms with van der Waals surface area (Å²) >= 11 is 10.3. The molecule has 9 heteroatoms. The van der Waals surface area contributed by atoms with Crippen molar-refractivity contribution < 1.29 is 18.3 Å². The van der Waals surface area contributed by atoms with Gasteiger partial charge in [-0.3, -0.25) is 0 Å². The van der Waals surface area contributed by atoms with E-state index in [1.165, 1.54) is 44.8 Å². The summed E-state index contributed by atoms with van der Waals surface area (Å²) < 4.78 is 7.80. The van der Waals surface area contributed by atoms with Crippen molar-refractivity contribution in [3.05, 3.63) is 122 Å². The maximum Gasteiger partial charge on any atom is 0.0146 e. The maximum absolute atomic E-state index is 6.18. The van der Waals surface area contributed by atoms with E-state index in [0.29, 0.717) is 16.6 Å². The molecule has 4 aromatic rings. The van der Waals surface area contributed by atoms with E-state index in [1.807, 2.05) is 61.9 Å². The second kappa shape index (κ2) is 17.1. The molecule has 1 aliphatic rings. The summed E-state index contributed by atoms with van der Waals surface area (Å²) in [6.45, 7) is 22.2. The molecule has 0 amide bonds. The van der Waals surface area contributed by atoms with E-state index in [4.69, 9.17) is 47.3 Å². The van der Waals surface area contributed by atoms with Crippen LogP contribution in [0.4, 0.5) is 17.1 Å². The van der Waals surface area contributed by atoms with Crippen molar-refractivity contribution in [2.45, 2.75) is 68.0 Å². The minimum absolute atomic E-state index is 0.0871. The zero-order chi connectivity index (χ0) is 35.3. The number of nitrogens with zero attached hydrogens (tertiary/aromatic N) is 3. The largest absolute Gasteiger partial charge is 0.502 e. The first kappa shape index (κ1) is 38.5. The molecule has 5 rings (SSSR count). The smallest absolute Gasteiger partial charge is 0.0146 e. The van der Waals surface area contributed by atoms with Gasteiger partial charge in [-0.15, -0.1) is 0 Å². The number of anilines is 3. The second-order valence-electron chi connectivity index (χ2n) is 12.8. The van der Waals surface area contributed by atoms with Gasteiger partial charge in [0.15, 0.2) is 0 Å². The average Bonchev–Trinajstić information content (AvgIpc) is 3.42. The van der Waals surface area contributed by atoms with Crippen LogP contribution in [0.5, 0.6) is 5.75 Å². The fourth-order valence-electron chi connectivity index (χ4n) is 6.51. The van der Waals surface area contributed by atoms with Crippen molar-refractivity contribution >= 4 is 64.3 Å². The van der Waals surface area contributed by atoms with Crippen LogP contribution in [0.3, 0.4) is 0 Å². The van der Waals surface area contributed by atoms with Crippen LogP contribution < -0.4 is 19.4 Å². The Labute approximate surface area is 311 Å². The SMILES string of the molecule is CC(C)Oc1ccc(Cl)cc1CN(C)c1ccc(Cl)cc1[CH]=[Ru]([Cl])[Cl].Cc1cc(C)c(N2[CH-]N(c3c(C)cc(C)cc3C)CC2)c(C)c1. The normalized spacial score (nSPS) is 13.0. The minimum atomic E-state index is -1.96. The molecular formula is C39H46Cl4N3ORu-. The fraction of sp³-hybridized carbons (Fsp3) is 0.333. The molecule has 0 spiro atoms. The quantitative estimate of drug-likeness (QED) is 0.130. The zero-order valence-electron chi connectivity index (χ0n) is 29.2. The van der Waals surface area contributed by atoms with Gasteiger partial charge in [-0.2, -0.15) is 6.67 Å². The maximum atomic E-state index is 6.18. The van der Waals surface area contributed by atoms with Gasteiger partial charge in [-0.05, 0) is 63.8 Å². The number of rotatable bonds is 8. The Morgan fingerprint density at radius 1 is 0.771 bits per heavy atom. The predicted octanol–water partition coefficient (Wildman–Crippen LogP) is 11.5. The van der Waals surface area contributed by atoms with Crippen LogP contribution in [0.25, 0.3) is 0 Å². The number of hydrogen-bond acceptors (Lipinski definition) is 4. The van der Waals surface area contributed by atoms with Gasteiger partial charge in [0.25, 0.3) is 0 Å². The molecule has 0 saturated carbocycles. The number of aryl methyl sites for hydroxylation is 6. The van der Waals surface area contributed by atoms with Gasteiger partial charge in [0.1, 0.15) is 0 Å². The minimum Gasteiger partial charge on any atom is -0.502 e. The molecule has 260 valence electrons. The van der Waals surface area contributed by atoms with Crippen LogP contribution in [-0.2, 0) is 20.1 Å². The summed E-state index contributed by atoms with van der Waals surface area (Å²) in [4.78, 5) is 6.91. The van der Waals surface area contributed by atoms with Crippen LogP contribution >= 0.6 is 42.6 Å². The van der Waals surface area contributed by atoms with Gasteiger partial charge in [-0.25, -0.2) is 0 Å². The summed E-state index contributed by atoms with van der Waals surface area (Å²) in [5.74, 6) is 0.827. The monoisotopic (exact) mass is 814 g/mol. The Kier molecular flexibility index (Phi) is 13.7. The molecule has 0 unspecified atom stereocenters. The van der Waals surface area contributed by atoms with E-state index in [1.54, 1.807) is 0 Å². The topological polar surface area (TPSA) is 19.0 Å². The summed E-state index contributed by atoms with van der Waals surface area (Å²) in [6.07, 6.45) is 0.0871. The summed E-state index contributed by atoms with van der Waals surface area (Å²) in [5.41, 5.74) is 13.8. The standard InChI is InChI=1S/C21H27N2.C18H19Cl2NO.2ClH.Ru/c1-14-9-16(3)20(17(4)10-14)22-7-8-23(13-22)21-18(5)11-15(2)12-19(21)6;1-12(2)22-18-8-6-16(20)10-14(18)11-21(4)17-7-5-15(19)9-13(17)3;;;/h9-13H,7-8H2,1-6H3;3,5-10,12H,11H2,1-2,4H3;2*1H;/q-1;;;;+2/p-2. The molecular weight excluding hydrogens is 769 g/mol. The Bertz CT molecular complexity index is 1680. The van der Waals surface area contributed by atoms with E-state index >= 15 is 0 Å². The van der Waals surface area contributed by atoms with Crippen molar-refractivity contribution in [3.8, 4) is 5.75 Å². The molecule has 1 fully saturated rings.